The van der Waals surface area contributed by atoms with E-state index in [1.165, 1.54) is 59.5 Å². The van der Waals surface area contributed by atoms with E-state index in [-0.39, 0.29) is 33.1 Å². The predicted molar refractivity (Wildman–Crippen MR) is 157 cm³/mol. The molecule has 0 unspecified atom stereocenters. The van der Waals surface area contributed by atoms with Gasteiger partial charge in [-0.25, -0.2) is 12.8 Å². The average molecular weight is 609 g/mol. The first-order valence-corrected chi connectivity index (χ1v) is 15.0. The molecule has 40 heavy (non-hydrogen) atoms. The van der Waals surface area contributed by atoms with Crippen LogP contribution >= 0.6 is 23.2 Å². The molecule has 0 aliphatic rings. The van der Waals surface area contributed by atoms with Gasteiger partial charge in [-0.3, -0.25) is 13.9 Å². The molecule has 0 bridgehead atoms. The molecular formula is C29H32Cl2FN3O4S. The van der Waals surface area contributed by atoms with Crippen LogP contribution in [-0.2, 0) is 26.2 Å². The van der Waals surface area contributed by atoms with Gasteiger partial charge in [-0.1, -0.05) is 66.4 Å². The van der Waals surface area contributed by atoms with Crippen LogP contribution in [0.4, 0.5) is 10.1 Å². The number of amides is 2. The van der Waals surface area contributed by atoms with Gasteiger partial charge in [0.15, 0.2) is 0 Å². The van der Waals surface area contributed by atoms with Gasteiger partial charge in [0.05, 0.1) is 20.6 Å². The van der Waals surface area contributed by atoms with E-state index in [9.17, 15) is 22.4 Å². The maximum Gasteiger partial charge on any atom is 0.264 e. The molecule has 0 saturated heterocycles. The molecule has 3 rings (SSSR count). The number of sulfonamides is 1. The lowest BCUT2D eigenvalue weighted by molar-refractivity contribution is -0.139. The number of unbranched alkanes of at least 4 members (excludes halogenated alkanes) is 1. The zero-order valence-corrected chi connectivity index (χ0v) is 24.9. The van der Waals surface area contributed by atoms with Crippen LogP contribution in [0.2, 0.25) is 10.0 Å². The van der Waals surface area contributed by atoms with E-state index in [1.807, 2.05) is 13.8 Å². The lowest BCUT2D eigenvalue weighted by Crippen LogP contribution is -2.51. The standard InChI is InChI=1S/C29H32Cl2FN3O4S/c1-4-5-16-33-29(37)21(3)34(18-22-8-10-23(32)11-9-22)28(36)19-35(24-12-15-26(30)27(31)17-24)40(38,39)25-13-6-20(2)7-14-25/h6-15,17,21H,4-5,16,18-19H2,1-3H3,(H,33,37)/t21-/m0/s1. The third-order valence-corrected chi connectivity index (χ3v) is 8.87. The first-order valence-electron chi connectivity index (χ1n) is 12.8. The van der Waals surface area contributed by atoms with Crippen LogP contribution in [0.25, 0.3) is 0 Å². The Balaban J connectivity index is 2.02. The third kappa shape index (κ3) is 7.96. The second kappa shape index (κ2) is 14.0. The topological polar surface area (TPSA) is 86.8 Å². The molecule has 0 aromatic heterocycles. The van der Waals surface area contributed by atoms with Gasteiger partial charge in [0.2, 0.25) is 11.8 Å². The van der Waals surface area contributed by atoms with Gasteiger partial charge in [0.25, 0.3) is 10.0 Å². The summed E-state index contributed by atoms with van der Waals surface area (Å²) < 4.78 is 42.1. The van der Waals surface area contributed by atoms with Crippen LogP contribution in [-0.4, -0.2) is 44.3 Å². The Hall–Kier alpha value is -3.14. The Bertz CT molecular complexity index is 1430. The second-order valence-electron chi connectivity index (χ2n) is 9.39. The number of hydrogen-bond acceptors (Lipinski definition) is 4. The van der Waals surface area contributed by atoms with Crippen molar-refractivity contribution in [1.29, 1.82) is 0 Å². The van der Waals surface area contributed by atoms with Crippen LogP contribution in [0, 0.1) is 12.7 Å². The number of carbonyl (C=O) groups is 2. The molecule has 2 amide bonds. The zero-order chi connectivity index (χ0) is 29.4. The highest BCUT2D eigenvalue weighted by Gasteiger charge is 2.32. The quantitative estimate of drug-likeness (QED) is 0.257. The first kappa shape index (κ1) is 31.4. The molecule has 0 aliphatic heterocycles. The lowest BCUT2D eigenvalue weighted by atomic mass is 10.1. The fourth-order valence-corrected chi connectivity index (χ4v) is 5.61. The Morgan fingerprint density at radius 1 is 0.975 bits per heavy atom. The number of carbonyl (C=O) groups excluding carboxylic acids is 2. The molecule has 11 heteroatoms. The second-order valence-corrected chi connectivity index (χ2v) is 12.1. The summed E-state index contributed by atoms with van der Waals surface area (Å²) in [5.41, 5.74) is 1.57. The van der Waals surface area contributed by atoms with Gasteiger partial charge in [0.1, 0.15) is 18.4 Å². The molecule has 3 aromatic carbocycles. The first-order chi connectivity index (χ1) is 18.9. The Morgan fingerprint density at radius 2 is 1.62 bits per heavy atom. The molecule has 0 heterocycles. The monoisotopic (exact) mass is 607 g/mol. The number of halogens is 3. The normalized spacial score (nSPS) is 12.1. The summed E-state index contributed by atoms with van der Waals surface area (Å²) in [4.78, 5) is 28.1. The van der Waals surface area contributed by atoms with Crippen molar-refractivity contribution < 1.29 is 22.4 Å². The van der Waals surface area contributed by atoms with E-state index < -0.39 is 34.3 Å². The minimum absolute atomic E-state index is 0.0209. The number of hydrogen-bond donors (Lipinski definition) is 1. The van der Waals surface area contributed by atoms with E-state index in [2.05, 4.69) is 5.32 Å². The smallest absolute Gasteiger partial charge is 0.264 e. The molecular weight excluding hydrogens is 576 g/mol. The van der Waals surface area contributed by atoms with Crippen molar-refractivity contribution in [3.63, 3.8) is 0 Å². The lowest BCUT2D eigenvalue weighted by Gasteiger charge is -2.32. The number of nitrogens with one attached hydrogen (secondary N) is 1. The minimum atomic E-state index is -4.24. The van der Waals surface area contributed by atoms with Gasteiger partial charge in [-0.05, 0) is 68.3 Å². The molecule has 0 aliphatic carbocycles. The SMILES string of the molecule is CCCCNC(=O)[C@H](C)N(Cc1ccc(F)cc1)C(=O)CN(c1ccc(Cl)c(Cl)c1)S(=O)(=O)c1ccc(C)cc1. The highest BCUT2D eigenvalue weighted by Crippen LogP contribution is 2.31. The van der Waals surface area contributed by atoms with Crippen LogP contribution in [0.1, 0.15) is 37.8 Å². The van der Waals surface area contributed by atoms with E-state index in [0.717, 1.165) is 22.7 Å². The highest BCUT2D eigenvalue weighted by molar-refractivity contribution is 7.92. The Morgan fingerprint density at radius 3 is 2.23 bits per heavy atom. The van der Waals surface area contributed by atoms with E-state index in [1.54, 1.807) is 19.1 Å². The van der Waals surface area contributed by atoms with Crippen LogP contribution in [0.15, 0.2) is 71.6 Å². The summed E-state index contributed by atoms with van der Waals surface area (Å²) in [7, 11) is -4.24. The van der Waals surface area contributed by atoms with Crippen LogP contribution in [0.3, 0.4) is 0 Å². The van der Waals surface area contributed by atoms with Crippen molar-refractivity contribution in [2.24, 2.45) is 0 Å². The highest BCUT2D eigenvalue weighted by atomic mass is 35.5. The summed E-state index contributed by atoms with van der Waals surface area (Å²) in [5, 5.41) is 3.15. The molecule has 0 spiro atoms. The zero-order valence-electron chi connectivity index (χ0n) is 22.5. The number of benzene rings is 3. The fraction of sp³-hybridized carbons (Fsp3) is 0.310. The molecule has 0 radical (unpaired) electrons. The fourth-order valence-electron chi connectivity index (χ4n) is 3.91. The number of anilines is 1. The molecule has 7 nitrogen and oxygen atoms in total. The number of aryl methyl sites for hydroxylation is 1. The van der Waals surface area contributed by atoms with Gasteiger partial charge >= 0.3 is 0 Å². The largest absolute Gasteiger partial charge is 0.354 e. The maximum absolute atomic E-state index is 13.9. The molecule has 3 aromatic rings. The molecule has 0 fully saturated rings. The van der Waals surface area contributed by atoms with E-state index >= 15 is 0 Å². The number of nitrogens with zero attached hydrogens (tertiary/aromatic N) is 2. The van der Waals surface area contributed by atoms with Crippen molar-refractivity contribution in [2.75, 3.05) is 17.4 Å². The summed E-state index contributed by atoms with van der Waals surface area (Å²) in [6.07, 6.45) is 1.65. The average Bonchev–Trinajstić information content (AvgIpc) is 2.92. The van der Waals surface area contributed by atoms with Gasteiger partial charge in [0, 0.05) is 13.1 Å². The number of rotatable bonds is 12. The molecule has 0 saturated carbocycles. The van der Waals surface area contributed by atoms with Crippen molar-refractivity contribution in [3.8, 4) is 0 Å². The molecule has 1 atom stereocenters. The molecule has 1 N–H and O–H groups in total. The van der Waals surface area contributed by atoms with Gasteiger partial charge in [-0.2, -0.15) is 0 Å². The van der Waals surface area contributed by atoms with E-state index in [0.29, 0.717) is 12.1 Å². The van der Waals surface area contributed by atoms with Crippen LogP contribution in [0.5, 0.6) is 0 Å². The van der Waals surface area contributed by atoms with Gasteiger partial charge in [-0.15, -0.1) is 0 Å². The Kier molecular flexibility index (Phi) is 11.0. The van der Waals surface area contributed by atoms with Gasteiger partial charge < -0.3 is 10.2 Å². The minimum Gasteiger partial charge on any atom is -0.354 e. The summed E-state index contributed by atoms with van der Waals surface area (Å²) >= 11 is 12.3. The van der Waals surface area contributed by atoms with Crippen molar-refractivity contribution >= 4 is 50.7 Å². The van der Waals surface area contributed by atoms with Crippen molar-refractivity contribution in [3.05, 3.63) is 93.7 Å². The van der Waals surface area contributed by atoms with Crippen molar-refractivity contribution in [1.82, 2.24) is 10.2 Å². The van der Waals surface area contributed by atoms with E-state index in [4.69, 9.17) is 23.2 Å². The Labute approximate surface area is 244 Å². The van der Waals surface area contributed by atoms with Crippen LogP contribution < -0.4 is 9.62 Å². The predicted octanol–water partition coefficient (Wildman–Crippen LogP) is 5.97. The maximum atomic E-state index is 13.9. The summed E-state index contributed by atoms with van der Waals surface area (Å²) in [6.45, 7) is 5.17. The molecule has 214 valence electrons. The summed E-state index contributed by atoms with van der Waals surface area (Å²) in [6, 6.07) is 15.1. The summed E-state index contributed by atoms with van der Waals surface area (Å²) in [5.74, 6) is -1.46. The third-order valence-electron chi connectivity index (χ3n) is 6.34. The van der Waals surface area contributed by atoms with Crippen molar-refractivity contribution in [2.45, 2.75) is 51.1 Å².